The molecule has 1 atom stereocenters. The third kappa shape index (κ3) is 2.07. The van der Waals surface area contributed by atoms with Crippen LogP contribution in [0.25, 0.3) is 0 Å². The molecule has 1 unspecified atom stereocenters. The molecule has 96 valence electrons. The molecule has 1 heterocycles. The van der Waals surface area contributed by atoms with E-state index in [0.29, 0.717) is 0 Å². The standard InChI is InChI=1S/C15H12BrNO2/c16-10-15(18)13-9-5-4-8-12(13)14(17-19-15)11-6-2-1-3-7-11/h1-9,18H,10H2. The molecule has 0 spiro atoms. The van der Waals surface area contributed by atoms with Gasteiger partial charge in [-0.3, -0.25) is 0 Å². The maximum Gasteiger partial charge on any atom is 0.271 e. The molecule has 2 aromatic rings. The number of hydrogen-bond acceptors (Lipinski definition) is 3. The van der Waals surface area contributed by atoms with E-state index in [1.807, 2.05) is 54.6 Å². The molecule has 1 aliphatic heterocycles. The van der Waals surface area contributed by atoms with Gasteiger partial charge in [-0.25, -0.2) is 0 Å². The Balaban J connectivity index is 2.16. The van der Waals surface area contributed by atoms with Crippen molar-refractivity contribution in [3.8, 4) is 0 Å². The first-order chi connectivity index (χ1) is 9.24. The predicted molar refractivity (Wildman–Crippen MR) is 77.3 cm³/mol. The molecule has 2 aromatic carbocycles. The monoisotopic (exact) mass is 317 g/mol. The minimum absolute atomic E-state index is 0.266. The number of alkyl halides is 1. The van der Waals surface area contributed by atoms with Gasteiger partial charge in [-0.2, -0.15) is 0 Å². The molecule has 1 N–H and O–H groups in total. The SMILES string of the molecule is OC1(CBr)ON=C(c2ccccc2)c2ccccc21. The van der Waals surface area contributed by atoms with E-state index in [2.05, 4.69) is 21.1 Å². The van der Waals surface area contributed by atoms with Crippen LogP contribution in [0.2, 0.25) is 0 Å². The van der Waals surface area contributed by atoms with Gasteiger partial charge in [0.25, 0.3) is 5.79 Å². The fraction of sp³-hybridized carbons (Fsp3) is 0.133. The van der Waals surface area contributed by atoms with Crippen molar-refractivity contribution >= 4 is 21.6 Å². The average molecular weight is 318 g/mol. The van der Waals surface area contributed by atoms with Crippen molar-refractivity contribution in [2.75, 3.05) is 5.33 Å². The summed E-state index contributed by atoms with van der Waals surface area (Å²) in [5, 5.41) is 14.8. The Morgan fingerprint density at radius 1 is 1.05 bits per heavy atom. The van der Waals surface area contributed by atoms with Crippen LogP contribution < -0.4 is 0 Å². The average Bonchev–Trinajstić information content (AvgIpc) is 2.49. The molecular weight excluding hydrogens is 306 g/mol. The molecule has 4 heteroatoms. The highest BCUT2D eigenvalue weighted by Crippen LogP contribution is 2.33. The molecule has 0 aromatic heterocycles. The summed E-state index contributed by atoms with van der Waals surface area (Å²) in [7, 11) is 0. The smallest absolute Gasteiger partial charge is 0.271 e. The number of oxime groups is 1. The molecule has 3 nitrogen and oxygen atoms in total. The second-order valence-electron chi connectivity index (χ2n) is 4.36. The van der Waals surface area contributed by atoms with Gasteiger partial charge >= 0.3 is 0 Å². The highest BCUT2D eigenvalue weighted by Gasteiger charge is 2.37. The lowest BCUT2D eigenvalue weighted by molar-refractivity contribution is -0.196. The van der Waals surface area contributed by atoms with Crippen LogP contribution in [0.15, 0.2) is 59.8 Å². The quantitative estimate of drug-likeness (QED) is 0.865. The molecule has 1 aliphatic rings. The Kier molecular flexibility index (Phi) is 3.12. The molecule has 3 rings (SSSR count). The molecule has 0 amide bonds. The van der Waals surface area contributed by atoms with Gasteiger partial charge in [-0.05, 0) is 0 Å². The molecule has 0 saturated carbocycles. The number of hydrogen-bond donors (Lipinski definition) is 1. The van der Waals surface area contributed by atoms with Gasteiger partial charge in [0.15, 0.2) is 0 Å². The number of fused-ring (bicyclic) bond motifs is 1. The minimum Gasteiger partial charge on any atom is -0.354 e. The first-order valence-electron chi connectivity index (χ1n) is 5.94. The Labute approximate surface area is 119 Å². The lowest BCUT2D eigenvalue weighted by atomic mass is 9.93. The summed E-state index contributed by atoms with van der Waals surface area (Å²) in [6, 6.07) is 17.4. The fourth-order valence-corrected chi connectivity index (χ4v) is 2.55. The van der Waals surface area contributed by atoms with Crippen molar-refractivity contribution in [1.82, 2.24) is 0 Å². The van der Waals surface area contributed by atoms with Gasteiger partial charge in [-0.1, -0.05) is 75.7 Å². The molecule has 19 heavy (non-hydrogen) atoms. The number of aliphatic hydroxyl groups is 1. The molecule has 0 fully saturated rings. The van der Waals surface area contributed by atoms with Crippen molar-refractivity contribution in [2.45, 2.75) is 5.79 Å². The Hall–Kier alpha value is -1.65. The van der Waals surface area contributed by atoms with Crippen molar-refractivity contribution in [1.29, 1.82) is 0 Å². The van der Waals surface area contributed by atoms with E-state index in [9.17, 15) is 5.11 Å². The van der Waals surface area contributed by atoms with E-state index in [4.69, 9.17) is 4.84 Å². The van der Waals surface area contributed by atoms with Crippen molar-refractivity contribution < 1.29 is 9.94 Å². The maximum atomic E-state index is 10.4. The zero-order valence-corrected chi connectivity index (χ0v) is 11.7. The normalized spacial score (nSPS) is 21.3. The van der Waals surface area contributed by atoms with Gasteiger partial charge in [0, 0.05) is 16.7 Å². The van der Waals surface area contributed by atoms with Crippen molar-refractivity contribution in [3.63, 3.8) is 0 Å². The lowest BCUT2D eigenvalue weighted by Gasteiger charge is -2.30. The number of benzene rings is 2. The summed E-state index contributed by atoms with van der Waals surface area (Å²) < 4.78 is 0. The second-order valence-corrected chi connectivity index (χ2v) is 4.92. The van der Waals surface area contributed by atoms with Gasteiger partial charge in [0.2, 0.25) is 0 Å². The van der Waals surface area contributed by atoms with E-state index in [-0.39, 0.29) is 5.33 Å². The van der Waals surface area contributed by atoms with Crippen molar-refractivity contribution in [2.24, 2.45) is 5.16 Å². The van der Waals surface area contributed by atoms with E-state index < -0.39 is 5.79 Å². The van der Waals surface area contributed by atoms with Gasteiger partial charge < -0.3 is 9.94 Å². The number of halogens is 1. The molecular formula is C15H12BrNO2. The molecule has 0 saturated heterocycles. The van der Waals surface area contributed by atoms with Gasteiger partial charge in [0.05, 0.1) is 5.33 Å². The molecule has 0 bridgehead atoms. The van der Waals surface area contributed by atoms with Crippen LogP contribution in [0.4, 0.5) is 0 Å². The topological polar surface area (TPSA) is 41.8 Å². The lowest BCUT2D eigenvalue weighted by Crippen LogP contribution is -2.35. The zero-order valence-electron chi connectivity index (χ0n) is 10.1. The molecule has 0 radical (unpaired) electrons. The summed E-state index contributed by atoms with van der Waals surface area (Å²) in [6.45, 7) is 0. The molecule has 0 aliphatic carbocycles. The fourth-order valence-electron chi connectivity index (χ4n) is 2.15. The van der Waals surface area contributed by atoms with Crippen LogP contribution in [0, 0.1) is 0 Å². The van der Waals surface area contributed by atoms with Gasteiger partial charge in [0.1, 0.15) is 5.71 Å². The summed E-state index contributed by atoms with van der Waals surface area (Å²) in [5.41, 5.74) is 3.32. The van der Waals surface area contributed by atoms with Crippen LogP contribution in [-0.4, -0.2) is 16.1 Å². The summed E-state index contributed by atoms with van der Waals surface area (Å²) in [5.74, 6) is -1.41. The summed E-state index contributed by atoms with van der Waals surface area (Å²) >= 11 is 3.27. The van der Waals surface area contributed by atoms with Crippen LogP contribution in [0.1, 0.15) is 16.7 Å². The third-order valence-electron chi connectivity index (χ3n) is 3.12. The zero-order chi connectivity index (χ0) is 13.3. The number of rotatable bonds is 2. The van der Waals surface area contributed by atoms with E-state index in [1.54, 1.807) is 0 Å². The Morgan fingerprint density at radius 3 is 2.47 bits per heavy atom. The summed E-state index contributed by atoms with van der Waals surface area (Å²) in [6.07, 6.45) is 0. The van der Waals surface area contributed by atoms with Crippen LogP contribution in [0.3, 0.4) is 0 Å². The van der Waals surface area contributed by atoms with Crippen molar-refractivity contribution in [3.05, 3.63) is 71.3 Å². The minimum atomic E-state index is -1.41. The Morgan fingerprint density at radius 2 is 1.74 bits per heavy atom. The van der Waals surface area contributed by atoms with E-state index in [0.717, 1.165) is 22.4 Å². The van der Waals surface area contributed by atoms with Crippen LogP contribution in [-0.2, 0) is 10.6 Å². The van der Waals surface area contributed by atoms with E-state index in [1.165, 1.54) is 0 Å². The third-order valence-corrected chi connectivity index (χ3v) is 3.88. The van der Waals surface area contributed by atoms with Crippen LogP contribution >= 0.6 is 15.9 Å². The van der Waals surface area contributed by atoms with Gasteiger partial charge in [-0.15, -0.1) is 0 Å². The predicted octanol–water partition coefficient (Wildman–Crippen LogP) is 3.01. The number of nitrogens with zero attached hydrogens (tertiary/aromatic N) is 1. The highest BCUT2D eigenvalue weighted by molar-refractivity contribution is 9.09. The maximum absolute atomic E-state index is 10.4. The summed E-state index contributed by atoms with van der Waals surface area (Å²) in [4.78, 5) is 5.30. The Bertz CT molecular complexity index is 627. The largest absolute Gasteiger partial charge is 0.354 e. The van der Waals surface area contributed by atoms with E-state index >= 15 is 0 Å². The second kappa shape index (κ2) is 4.79. The first kappa shape index (κ1) is 12.4. The first-order valence-corrected chi connectivity index (χ1v) is 7.06. The van der Waals surface area contributed by atoms with Crippen LogP contribution in [0.5, 0.6) is 0 Å². The highest BCUT2D eigenvalue weighted by atomic mass is 79.9.